The highest BCUT2D eigenvalue weighted by molar-refractivity contribution is 6.36. The van der Waals surface area contributed by atoms with E-state index in [1.54, 1.807) is 19.2 Å². The van der Waals surface area contributed by atoms with E-state index in [0.29, 0.717) is 47.4 Å². The molecule has 3 N–H and O–H groups in total. The summed E-state index contributed by atoms with van der Waals surface area (Å²) in [7, 11) is 4.36. The monoisotopic (exact) mass is 602 g/mol. The first-order valence-corrected chi connectivity index (χ1v) is 14.1. The molecule has 0 bridgehead atoms. The molecule has 0 aliphatic carbocycles. The molecule has 1 fully saturated rings. The Balaban J connectivity index is 1.36. The van der Waals surface area contributed by atoms with E-state index in [1.807, 2.05) is 42.5 Å². The molecule has 12 heteroatoms. The second-order valence-corrected chi connectivity index (χ2v) is 10.7. The molecule has 222 valence electrons. The molecular weight excluding hydrogens is 572 g/mol. The van der Waals surface area contributed by atoms with Gasteiger partial charge in [-0.3, -0.25) is 19.0 Å². The minimum atomic E-state index is -0.701. The molecule has 0 radical (unpaired) electrons. The van der Waals surface area contributed by atoms with E-state index in [1.165, 1.54) is 24.9 Å². The van der Waals surface area contributed by atoms with Crippen LogP contribution in [0.25, 0.3) is 22.4 Å². The van der Waals surface area contributed by atoms with Crippen molar-refractivity contribution in [1.82, 2.24) is 24.8 Å². The van der Waals surface area contributed by atoms with Gasteiger partial charge in [-0.1, -0.05) is 48.0 Å². The van der Waals surface area contributed by atoms with Crippen molar-refractivity contribution in [2.24, 2.45) is 14.1 Å². The maximum atomic E-state index is 13.0. The van der Waals surface area contributed by atoms with Gasteiger partial charge in [-0.15, -0.1) is 0 Å². The van der Waals surface area contributed by atoms with E-state index in [4.69, 9.17) is 21.3 Å². The van der Waals surface area contributed by atoms with Gasteiger partial charge in [-0.25, -0.2) is 9.78 Å². The molecule has 11 nitrogen and oxygen atoms in total. The Labute approximate surface area is 252 Å². The fraction of sp³-hybridized carbons (Fsp3) is 0.258. The lowest BCUT2D eigenvalue weighted by atomic mass is 10.0. The van der Waals surface area contributed by atoms with Crippen LogP contribution in [0.15, 0.2) is 70.4 Å². The van der Waals surface area contributed by atoms with Gasteiger partial charge in [0.05, 0.1) is 23.5 Å². The maximum Gasteiger partial charge on any atom is 0.330 e. The molecular formula is C31H31ClN6O5. The molecule has 0 spiro atoms. The number of aryl methyl sites for hydroxylation is 1. The largest absolute Gasteiger partial charge is 0.481 e. The summed E-state index contributed by atoms with van der Waals surface area (Å²) in [6.07, 6.45) is 2.59. The molecule has 1 aliphatic rings. The number of hydrogen-bond donors (Lipinski definition) is 3. The zero-order valence-corrected chi connectivity index (χ0v) is 24.7. The van der Waals surface area contributed by atoms with E-state index >= 15 is 0 Å². The number of nitrogens with one attached hydrogen (secondary N) is 3. The molecule has 0 unspecified atom stereocenters. The number of anilines is 1. The van der Waals surface area contributed by atoms with Crippen LogP contribution in [0.2, 0.25) is 5.02 Å². The van der Waals surface area contributed by atoms with Crippen LogP contribution in [0.4, 0.5) is 5.69 Å². The van der Waals surface area contributed by atoms with E-state index in [-0.39, 0.29) is 17.5 Å². The van der Waals surface area contributed by atoms with Gasteiger partial charge < -0.3 is 25.3 Å². The van der Waals surface area contributed by atoms with Crippen molar-refractivity contribution < 1.29 is 14.3 Å². The van der Waals surface area contributed by atoms with E-state index in [9.17, 15) is 19.2 Å². The Kier molecular flexibility index (Phi) is 8.74. The summed E-state index contributed by atoms with van der Waals surface area (Å²) in [6, 6.07) is 16.9. The number of carbonyl (C=O) groups excluding carboxylic acids is 2. The van der Waals surface area contributed by atoms with Crippen LogP contribution in [0, 0.1) is 0 Å². The van der Waals surface area contributed by atoms with Gasteiger partial charge in [-0.2, -0.15) is 0 Å². The van der Waals surface area contributed by atoms with Gasteiger partial charge in [0.1, 0.15) is 5.56 Å². The summed E-state index contributed by atoms with van der Waals surface area (Å²) in [5.41, 5.74) is 2.80. The van der Waals surface area contributed by atoms with Gasteiger partial charge in [0.15, 0.2) is 0 Å². The number of halogens is 1. The third kappa shape index (κ3) is 6.37. The third-order valence-corrected chi connectivity index (χ3v) is 7.74. The van der Waals surface area contributed by atoms with Crippen LogP contribution >= 0.6 is 11.6 Å². The molecule has 1 saturated heterocycles. The van der Waals surface area contributed by atoms with Crippen molar-refractivity contribution in [3.05, 3.63) is 97.8 Å². The Morgan fingerprint density at radius 1 is 1.09 bits per heavy atom. The molecule has 1 atom stereocenters. The number of nitrogens with zero attached hydrogens (tertiary/aromatic N) is 3. The molecule has 1 aliphatic heterocycles. The Morgan fingerprint density at radius 2 is 1.86 bits per heavy atom. The average Bonchev–Trinajstić information content (AvgIpc) is 3.43. The quantitative estimate of drug-likeness (QED) is 0.268. The number of ether oxygens (including phenoxy) is 1. The lowest BCUT2D eigenvalue weighted by Gasteiger charge is -2.14. The van der Waals surface area contributed by atoms with Crippen molar-refractivity contribution in [3.63, 3.8) is 0 Å². The Bertz CT molecular complexity index is 1830. The average molecular weight is 603 g/mol. The van der Waals surface area contributed by atoms with Crippen molar-refractivity contribution in [2.45, 2.75) is 25.4 Å². The van der Waals surface area contributed by atoms with Crippen molar-refractivity contribution in [1.29, 1.82) is 0 Å². The molecule has 2 aromatic carbocycles. The molecule has 2 aromatic heterocycles. The number of rotatable bonds is 9. The normalized spacial score (nSPS) is 14.4. The fourth-order valence-corrected chi connectivity index (χ4v) is 5.29. The highest BCUT2D eigenvalue weighted by atomic mass is 35.5. The molecule has 0 saturated carbocycles. The van der Waals surface area contributed by atoms with Gasteiger partial charge in [-0.05, 0) is 30.2 Å². The number of aromatic nitrogens is 3. The number of benzene rings is 2. The summed E-state index contributed by atoms with van der Waals surface area (Å²) in [5.74, 6) is -0.0928. The molecule has 5 rings (SSSR count). The predicted molar refractivity (Wildman–Crippen MR) is 164 cm³/mol. The third-order valence-electron chi connectivity index (χ3n) is 7.33. The highest BCUT2D eigenvalue weighted by Crippen LogP contribution is 2.36. The number of carbonyl (C=O) groups is 2. The van der Waals surface area contributed by atoms with Crippen LogP contribution in [0.5, 0.6) is 5.88 Å². The van der Waals surface area contributed by atoms with Crippen LogP contribution in [-0.4, -0.2) is 45.6 Å². The smallest absolute Gasteiger partial charge is 0.330 e. The summed E-state index contributed by atoms with van der Waals surface area (Å²) in [5, 5.41) is 9.30. The topological polar surface area (TPSA) is 136 Å². The number of hydrogen-bond acceptors (Lipinski definition) is 7. The highest BCUT2D eigenvalue weighted by Gasteiger charge is 2.21. The van der Waals surface area contributed by atoms with Crippen LogP contribution in [0.3, 0.4) is 0 Å². The van der Waals surface area contributed by atoms with E-state index < -0.39 is 17.2 Å². The lowest BCUT2D eigenvalue weighted by Crippen LogP contribution is -2.40. The van der Waals surface area contributed by atoms with Gasteiger partial charge >= 0.3 is 5.69 Å². The lowest BCUT2D eigenvalue weighted by molar-refractivity contribution is -0.119. The molecule has 4 aromatic rings. The SMILES string of the molecule is COc1nc(-c2cccc(-c3cccc(NC(=O)c4cn(C)c(=O)n(C)c4=O)c3Cl)c2)ccc1CNC[C@@H]1CCC(=O)N1. The first-order valence-electron chi connectivity index (χ1n) is 13.7. The van der Waals surface area contributed by atoms with Crippen molar-refractivity contribution in [2.75, 3.05) is 19.0 Å². The minimum Gasteiger partial charge on any atom is -0.481 e. The van der Waals surface area contributed by atoms with Crippen LogP contribution < -0.4 is 31.9 Å². The second kappa shape index (κ2) is 12.6. The Hall–Kier alpha value is -4.74. The van der Waals surface area contributed by atoms with E-state index in [0.717, 1.165) is 27.7 Å². The van der Waals surface area contributed by atoms with E-state index in [2.05, 4.69) is 16.0 Å². The van der Waals surface area contributed by atoms with Gasteiger partial charge in [0, 0.05) is 62.5 Å². The zero-order chi connectivity index (χ0) is 30.7. The summed E-state index contributed by atoms with van der Waals surface area (Å²) in [6.45, 7) is 1.21. The summed E-state index contributed by atoms with van der Waals surface area (Å²) < 4.78 is 7.62. The summed E-state index contributed by atoms with van der Waals surface area (Å²) >= 11 is 6.75. The van der Waals surface area contributed by atoms with Crippen molar-refractivity contribution >= 4 is 29.1 Å². The first kappa shape index (κ1) is 29.7. The van der Waals surface area contributed by atoms with Gasteiger partial charge in [0.25, 0.3) is 11.5 Å². The number of pyridine rings is 1. The van der Waals surface area contributed by atoms with Gasteiger partial charge in [0.2, 0.25) is 11.8 Å². The molecule has 43 heavy (non-hydrogen) atoms. The Morgan fingerprint density at radius 3 is 2.60 bits per heavy atom. The minimum absolute atomic E-state index is 0.0868. The summed E-state index contributed by atoms with van der Waals surface area (Å²) in [4.78, 5) is 53.7. The fourth-order valence-electron chi connectivity index (χ4n) is 5.00. The van der Waals surface area contributed by atoms with Crippen LogP contribution in [0.1, 0.15) is 28.8 Å². The van der Waals surface area contributed by atoms with Crippen LogP contribution in [-0.2, 0) is 25.4 Å². The predicted octanol–water partition coefficient (Wildman–Crippen LogP) is 3.10. The standard InChI is InChI=1S/C31H31ClN6O5/c1-37-17-23(30(41)38(2)31(37)42)28(40)35-25-9-5-8-22(27(25)32)18-6-4-7-19(14-18)24-12-10-20(29(36-24)43-3)15-33-16-21-11-13-26(39)34-21/h4-10,12,14,17,21,33H,11,13,15-16H2,1-3H3,(H,34,39)(H,35,40)/t21-/m0/s1. The van der Waals surface area contributed by atoms with Crippen molar-refractivity contribution in [3.8, 4) is 28.3 Å². The second-order valence-electron chi connectivity index (χ2n) is 10.3. The number of methoxy groups -OCH3 is 1. The molecule has 3 heterocycles. The first-order chi connectivity index (χ1) is 20.7. The molecule has 2 amide bonds. The maximum absolute atomic E-state index is 13.0. The number of amides is 2. The zero-order valence-electron chi connectivity index (χ0n) is 23.9.